The van der Waals surface area contributed by atoms with Gasteiger partial charge in [0.25, 0.3) is 0 Å². The maximum atomic E-state index is 12.8. The predicted molar refractivity (Wildman–Crippen MR) is 67.7 cm³/mol. The first-order chi connectivity index (χ1) is 8.29. The van der Waals surface area contributed by atoms with Gasteiger partial charge in [-0.05, 0) is 28.1 Å². The molecule has 0 spiro atoms. The van der Waals surface area contributed by atoms with Gasteiger partial charge < -0.3 is 10.5 Å². The maximum Gasteiger partial charge on any atom is 0.420 e. The van der Waals surface area contributed by atoms with Gasteiger partial charge in [0.1, 0.15) is 17.1 Å². The van der Waals surface area contributed by atoms with Crippen LogP contribution in [0.3, 0.4) is 0 Å². The molecule has 18 heavy (non-hydrogen) atoms. The third-order valence-corrected chi connectivity index (χ3v) is 2.81. The molecular weight excluding hydrogens is 336 g/mol. The number of nitrogens with zero attached hydrogens (tertiary/aromatic N) is 1. The molecule has 0 fully saturated rings. The summed E-state index contributed by atoms with van der Waals surface area (Å²) in [5.74, 6) is -0.335. The molecule has 0 atom stereocenters. The van der Waals surface area contributed by atoms with Crippen LogP contribution in [0.5, 0.6) is 5.75 Å². The summed E-state index contributed by atoms with van der Waals surface area (Å²) >= 11 is 8.41. The third kappa shape index (κ3) is 3.52. The molecule has 8 heteroatoms. The van der Waals surface area contributed by atoms with E-state index in [4.69, 9.17) is 22.1 Å². The molecule has 100 valence electrons. The van der Waals surface area contributed by atoms with Crippen LogP contribution in [-0.2, 0) is 6.18 Å². The van der Waals surface area contributed by atoms with Crippen molar-refractivity contribution >= 4 is 39.1 Å². The second kappa shape index (κ2) is 5.79. The van der Waals surface area contributed by atoms with E-state index < -0.39 is 11.7 Å². The van der Waals surface area contributed by atoms with Crippen molar-refractivity contribution in [1.82, 2.24) is 0 Å². The van der Waals surface area contributed by atoms with Crippen molar-refractivity contribution in [2.75, 3.05) is 13.0 Å². The maximum absolute atomic E-state index is 12.8. The molecule has 0 heterocycles. The number of hydrogen-bond donors (Lipinski definition) is 1. The van der Waals surface area contributed by atoms with E-state index in [0.717, 1.165) is 13.2 Å². The van der Waals surface area contributed by atoms with Gasteiger partial charge in [0, 0.05) is 0 Å². The molecule has 1 aromatic carbocycles. The van der Waals surface area contributed by atoms with E-state index in [1.54, 1.807) is 0 Å². The average Bonchev–Trinajstić information content (AvgIpc) is 2.27. The molecule has 0 aliphatic carbocycles. The van der Waals surface area contributed by atoms with E-state index in [9.17, 15) is 13.2 Å². The molecule has 1 aromatic rings. The van der Waals surface area contributed by atoms with E-state index in [2.05, 4.69) is 20.9 Å². The molecule has 3 nitrogen and oxygen atoms in total. The zero-order valence-corrected chi connectivity index (χ0v) is 11.5. The largest absolute Gasteiger partial charge is 0.495 e. The molecule has 0 aliphatic heterocycles. The van der Waals surface area contributed by atoms with Crippen LogP contribution in [0, 0.1) is 0 Å². The fourth-order valence-electron chi connectivity index (χ4n) is 1.26. The summed E-state index contributed by atoms with van der Waals surface area (Å²) in [4.78, 5) is 3.76. The van der Waals surface area contributed by atoms with Crippen LogP contribution in [0.25, 0.3) is 0 Å². The minimum atomic E-state index is -4.55. The third-order valence-electron chi connectivity index (χ3n) is 1.95. The minimum absolute atomic E-state index is 0.0295. The highest BCUT2D eigenvalue weighted by atomic mass is 79.9. The molecule has 0 aliphatic rings. The lowest BCUT2D eigenvalue weighted by molar-refractivity contribution is -0.138. The van der Waals surface area contributed by atoms with Crippen molar-refractivity contribution in [2.45, 2.75) is 6.18 Å². The Morgan fingerprint density at radius 1 is 1.50 bits per heavy atom. The van der Waals surface area contributed by atoms with Gasteiger partial charge in [0.05, 0.1) is 23.1 Å². The van der Waals surface area contributed by atoms with Crippen molar-refractivity contribution in [3.8, 4) is 5.75 Å². The first-order valence-electron chi connectivity index (χ1n) is 4.63. The van der Waals surface area contributed by atoms with E-state index in [1.165, 1.54) is 6.07 Å². The molecule has 1 rings (SSSR count). The Labute approximate surface area is 115 Å². The Balaban J connectivity index is 3.40. The number of rotatable bonds is 3. The highest BCUT2D eigenvalue weighted by Gasteiger charge is 2.35. The molecular formula is C10H9BrClF3N2O. The van der Waals surface area contributed by atoms with Gasteiger partial charge in [-0.25, -0.2) is 4.99 Å². The van der Waals surface area contributed by atoms with E-state index >= 15 is 0 Å². The minimum Gasteiger partial charge on any atom is -0.495 e. The Morgan fingerprint density at radius 3 is 2.56 bits per heavy atom. The number of methoxy groups -OCH3 is 1. The zero-order valence-electron chi connectivity index (χ0n) is 9.18. The zero-order chi connectivity index (χ0) is 13.9. The second-order valence-corrected chi connectivity index (χ2v) is 4.36. The summed E-state index contributed by atoms with van der Waals surface area (Å²) in [6.45, 7) is 0. The van der Waals surface area contributed by atoms with Crippen LogP contribution >= 0.6 is 27.5 Å². The number of benzene rings is 1. The van der Waals surface area contributed by atoms with Crippen LogP contribution in [-0.4, -0.2) is 18.8 Å². The van der Waals surface area contributed by atoms with Gasteiger partial charge >= 0.3 is 6.18 Å². The van der Waals surface area contributed by atoms with E-state index in [-0.39, 0.29) is 27.6 Å². The standard InChI is InChI=1S/C10H9BrClF3N2O/c1-18-9-6(10(13,14)15)2-5(3-7(9)11)17-8(16)4-12/h2-3H,4H2,1H3,(H2,16,17). The number of hydrogen-bond acceptors (Lipinski definition) is 2. The van der Waals surface area contributed by atoms with Gasteiger partial charge in [0.15, 0.2) is 0 Å². The number of halogens is 5. The summed E-state index contributed by atoms with van der Waals surface area (Å²) in [6, 6.07) is 2.22. The van der Waals surface area contributed by atoms with Crippen molar-refractivity contribution in [1.29, 1.82) is 0 Å². The fraction of sp³-hybridized carbons (Fsp3) is 0.300. The van der Waals surface area contributed by atoms with Crippen molar-refractivity contribution in [3.63, 3.8) is 0 Å². The van der Waals surface area contributed by atoms with Gasteiger partial charge in [-0.3, -0.25) is 0 Å². The lowest BCUT2D eigenvalue weighted by atomic mass is 10.1. The fourth-order valence-corrected chi connectivity index (χ4v) is 1.93. The second-order valence-electron chi connectivity index (χ2n) is 3.24. The van der Waals surface area contributed by atoms with Crippen LogP contribution in [0.4, 0.5) is 18.9 Å². The number of ether oxygens (including phenoxy) is 1. The monoisotopic (exact) mass is 344 g/mol. The van der Waals surface area contributed by atoms with Gasteiger partial charge in [-0.1, -0.05) is 0 Å². The summed E-state index contributed by atoms with van der Waals surface area (Å²) in [5, 5.41) is 0. The van der Waals surface area contributed by atoms with Gasteiger partial charge in [-0.15, -0.1) is 11.6 Å². The Bertz CT molecular complexity index is 477. The smallest absolute Gasteiger partial charge is 0.420 e. The molecule has 0 radical (unpaired) electrons. The van der Waals surface area contributed by atoms with E-state index in [0.29, 0.717) is 0 Å². The summed E-state index contributed by atoms with van der Waals surface area (Å²) in [7, 11) is 1.16. The lowest BCUT2D eigenvalue weighted by Crippen LogP contribution is -2.12. The molecule has 0 amide bonds. The number of nitrogens with two attached hydrogens (primary N) is 1. The lowest BCUT2D eigenvalue weighted by Gasteiger charge is -2.14. The van der Waals surface area contributed by atoms with Crippen molar-refractivity contribution < 1.29 is 17.9 Å². The number of aliphatic imine (C=N–C) groups is 1. The highest BCUT2D eigenvalue weighted by molar-refractivity contribution is 9.10. The van der Waals surface area contributed by atoms with Crippen LogP contribution in [0.2, 0.25) is 0 Å². The molecule has 0 saturated heterocycles. The first-order valence-corrected chi connectivity index (χ1v) is 5.96. The SMILES string of the molecule is COc1c(Br)cc(N=C(N)CCl)cc1C(F)(F)F. The number of amidine groups is 1. The Morgan fingerprint density at radius 2 is 2.11 bits per heavy atom. The predicted octanol–water partition coefficient (Wildman–Crippen LogP) is 3.70. The summed E-state index contributed by atoms with van der Waals surface area (Å²) < 4.78 is 43.3. The van der Waals surface area contributed by atoms with Gasteiger partial charge in [-0.2, -0.15) is 13.2 Å². The van der Waals surface area contributed by atoms with Crippen LogP contribution in [0.1, 0.15) is 5.56 Å². The highest BCUT2D eigenvalue weighted by Crippen LogP contribution is 2.42. The molecule has 0 saturated carbocycles. The molecule has 0 bridgehead atoms. The topological polar surface area (TPSA) is 47.6 Å². The van der Waals surface area contributed by atoms with Crippen molar-refractivity contribution in [3.05, 3.63) is 22.2 Å². The quantitative estimate of drug-likeness (QED) is 0.516. The summed E-state index contributed by atoms with van der Waals surface area (Å²) in [5.41, 5.74) is 4.49. The normalized spacial score (nSPS) is 12.7. The molecule has 0 unspecified atom stereocenters. The molecule has 0 aromatic heterocycles. The van der Waals surface area contributed by atoms with Crippen LogP contribution in [0.15, 0.2) is 21.6 Å². The Kier molecular flexibility index (Phi) is 4.86. The van der Waals surface area contributed by atoms with E-state index in [1.807, 2.05) is 0 Å². The average molecular weight is 346 g/mol. The Hall–Kier alpha value is -0.950. The number of alkyl halides is 4. The van der Waals surface area contributed by atoms with Gasteiger partial charge in [0.2, 0.25) is 0 Å². The van der Waals surface area contributed by atoms with Crippen molar-refractivity contribution in [2.24, 2.45) is 10.7 Å². The van der Waals surface area contributed by atoms with Crippen LogP contribution < -0.4 is 10.5 Å². The summed E-state index contributed by atoms with van der Waals surface area (Å²) in [6.07, 6.45) is -4.55. The first kappa shape index (κ1) is 15.1. The molecule has 2 N–H and O–H groups in total.